The minimum absolute atomic E-state index is 0.0318. The van der Waals surface area contributed by atoms with Crippen molar-refractivity contribution < 1.29 is 4.74 Å². The van der Waals surface area contributed by atoms with Gasteiger partial charge in [0.15, 0.2) is 5.16 Å². The quantitative estimate of drug-likeness (QED) is 0.478. The first-order valence-corrected chi connectivity index (χ1v) is 11.3. The molecule has 0 radical (unpaired) electrons. The lowest BCUT2D eigenvalue weighted by Crippen LogP contribution is -2.28. The van der Waals surface area contributed by atoms with E-state index in [-0.39, 0.29) is 11.7 Å². The van der Waals surface area contributed by atoms with Crippen molar-refractivity contribution in [3.8, 4) is 5.69 Å². The van der Waals surface area contributed by atoms with Gasteiger partial charge in [-0.05, 0) is 29.9 Å². The van der Waals surface area contributed by atoms with Gasteiger partial charge >= 0.3 is 0 Å². The Morgan fingerprint density at radius 2 is 2.04 bits per heavy atom. The number of thiophene rings is 1. The number of hydrogen-bond acceptors (Lipinski definition) is 6. The molecule has 6 nitrogen and oxygen atoms in total. The van der Waals surface area contributed by atoms with Gasteiger partial charge < -0.3 is 4.74 Å². The van der Waals surface area contributed by atoms with E-state index in [4.69, 9.17) is 4.74 Å². The molecule has 0 amide bonds. The molecule has 3 aromatic heterocycles. The number of rotatable bonds is 3. The van der Waals surface area contributed by atoms with Crippen LogP contribution < -0.4 is 5.56 Å². The minimum atomic E-state index is -0.0318. The fourth-order valence-electron chi connectivity index (χ4n) is 3.81. The third-order valence-electron chi connectivity index (χ3n) is 5.28. The lowest BCUT2D eigenvalue weighted by Gasteiger charge is -2.26. The molecular weight excluding hydrogens is 392 g/mol. The zero-order valence-electron chi connectivity index (χ0n) is 15.9. The summed E-state index contributed by atoms with van der Waals surface area (Å²) in [5.41, 5.74) is 1.89. The smallest absolute Gasteiger partial charge is 0.268 e. The lowest BCUT2D eigenvalue weighted by molar-refractivity contribution is 0.00200. The van der Waals surface area contributed by atoms with Gasteiger partial charge in [-0.1, -0.05) is 43.8 Å². The third kappa shape index (κ3) is 2.55. The highest BCUT2D eigenvalue weighted by Crippen LogP contribution is 2.37. The van der Waals surface area contributed by atoms with Crippen molar-refractivity contribution in [3.05, 3.63) is 51.1 Å². The molecule has 144 valence electrons. The molecule has 1 aliphatic heterocycles. The molecule has 0 aliphatic carbocycles. The monoisotopic (exact) mass is 412 g/mol. The maximum absolute atomic E-state index is 13.7. The normalized spacial score (nSPS) is 16.9. The van der Waals surface area contributed by atoms with Gasteiger partial charge in [0.2, 0.25) is 5.78 Å². The van der Waals surface area contributed by atoms with E-state index in [0.717, 1.165) is 37.9 Å². The Balaban J connectivity index is 1.91. The molecule has 4 aromatic rings. The summed E-state index contributed by atoms with van der Waals surface area (Å²) in [5, 5.41) is 10.2. The highest BCUT2D eigenvalue weighted by molar-refractivity contribution is 7.98. The highest BCUT2D eigenvalue weighted by atomic mass is 32.2. The summed E-state index contributed by atoms with van der Waals surface area (Å²) in [6.45, 7) is 4.88. The van der Waals surface area contributed by atoms with E-state index in [9.17, 15) is 4.79 Å². The second-order valence-electron chi connectivity index (χ2n) is 7.28. The van der Waals surface area contributed by atoms with Crippen LogP contribution in [0.1, 0.15) is 24.3 Å². The highest BCUT2D eigenvalue weighted by Gasteiger charge is 2.29. The molecule has 1 aliphatic rings. The number of hydrogen-bond donors (Lipinski definition) is 0. The van der Waals surface area contributed by atoms with Gasteiger partial charge in [0.1, 0.15) is 4.83 Å². The minimum Gasteiger partial charge on any atom is -0.372 e. The Morgan fingerprint density at radius 3 is 2.75 bits per heavy atom. The standard InChI is InChI=1S/C20H20N4O2S2/c1-11(2)14-9-13-15(10-26-14)28-18-16(13)17(25)23(12-7-5-4-6-8-12)19-21-22-20(27-3)24(18)19/h4-8,11,14H,9-10H2,1-3H3/t14-/m1/s1. The van der Waals surface area contributed by atoms with Gasteiger partial charge in [-0.15, -0.1) is 21.5 Å². The number of nitrogens with zero attached hydrogens (tertiary/aromatic N) is 4. The zero-order valence-corrected chi connectivity index (χ0v) is 17.5. The van der Waals surface area contributed by atoms with Crippen LogP contribution in [-0.2, 0) is 17.8 Å². The van der Waals surface area contributed by atoms with Crippen molar-refractivity contribution in [3.63, 3.8) is 0 Å². The van der Waals surface area contributed by atoms with Gasteiger partial charge in [-0.2, -0.15) is 0 Å². The molecule has 1 atom stereocenters. The molecule has 0 bridgehead atoms. The number of aromatic nitrogens is 4. The summed E-state index contributed by atoms with van der Waals surface area (Å²) in [6.07, 6.45) is 2.87. The molecule has 5 rings (SSSR count). The van der Waals surface area contributed by atoms with Crippen LogP contribution in [-0.4, -0.2) is 31.5 Å². The van der Waals surface area contributed by atoms with Gasteiger partial charge in [-0.3, -0.25) is 4.79 Å². The Labute approximate surface area is 170 Å². The van der Waals surface area contributed by atoms with E-state index in [1.54, 1.807) is 15.9 Å². The van der Waals surface area contributed by atoms with E-state index in [0.29, 0.717) is 18.3 Å². The van der Waals surface area contributed by atoms with Crippen LogP contribution in [0.3, 0.4) is 0 Å². The molecule has 0 spiro atoms. The Morgan fingerprint density at radius 1 is 1.25 bits per heavy atom. The fourth-order valence-corrected chi connectivity index (χ4v) is 5.59. The zero-order chi connectivity index (χ0) is 19.4. The molecule has 4 heterocycles. The Hall–Kier alpha value is -2.16. The van der Waals surface area contributed by atoms with Crippen LogP contribution in [0.15, 0.2) is 40.3 Å². The maximum Gasteiger partial charge on any atom is 0.268 e. The van der Waals surface area contributed by atoms with Crippen LogP contribution >= 0.6 is 23.1 Å². The molecule has 0 saturated carbocycles. The fraction of sp³-hybridized carbons (Fsp3) is 0.350. The average Bonchev–Trinajstić information content (AvgIpc) is 3.29. The first-order valence-electron chi connectivity index (χ1n) is 9.25. The summed E-state index contributed by atoms with van der Waals surface area (Å²) in [7, 11) is 0. The molecule has 1 aromatic carbocycles. The molecule has 0 N–H and O–H groups in total. The van der Waals surface area contributed by atoms with Gasteiger partial charge in [0.25, 0.3) is 5.56 Å². The first kappa shape index (κ1) is 17.9. The van der Waals surface area contributed by atoms with E-state index >= 15 is 0 Å². The second kappa shape index (κ2) is 6.72. The summed E-state index contributed by atoms with van der Waals surface area (Å²) >= 11 is 3.16. The van der Waals surface area contributed by atoms with E-state index in [1.165, 1.54) is 11.8 Å². The predicted molar refractivity (Wildman–Crippen MR) is 113 cm³/mol. The van der Waals surface area contributed by atoms with E-state index in [2.05, 4.69) is 24.0 Å². The lowest BCUT2D eigenvalue weighted by atomic mass is 9.96. The molecule has 0 fully saturated rings. The van der Waals surface area contributed by atoms with Crippen molar-refractivity contribution in [1.82, 2.24) is 19.2 Å². The van der Waals surface area contributed by atoms with Crippen LogP contribution in [0, 0.1) is 5.92 Å². The number of fused-ring (bicyclic) bond motifs is 5. The molecule has 0 unspecified atom stereocenters. The number of benzene rings is 1. The van der Waals surface area contributed by atoms with Crippen molar-refractivity contribution in [2.75, 3.05) is 6.26 Å². The number of thioether (sulfide) groups is 1. The van der Waals surface area contributed by atoms with Gasteiger partial charge in [0, 0.05) is 11.3 Å². The Bertz CT molecular complexity index is 1240. The summed E-state index contributed by atoms with van der Waals surface area (Å²) in [6, 6.07) is 9.66. The van der Waals surface area contributed by atoms with Crippen LogP contribution in [0.25, 0.3) is 21.7 Å². The molecule has 0 saturated heterocycles. The molecule has 28 heavy (non-hydrogen) atoms. The van der Waals surface area contributed by atoms with Crippen molar-refractivity contribution >= 4 is 39.1 Å². The van der Waals surface area contributed by atoms with Crippen LogP contribution in [0.4, 0.5) is 0 Å². The van der Waals surface area contributed by atoms with Crippen molar-refractivity contribution in [2.45, 2.75) is 38.1 Å². The summed E-state index contributed by atoms with van der Waals surface area (Å²) < 4.78 is 9.75. The number of para-hydroxylation sites is 1. The summed E-state index contributed by atoms with van der Waals surface area (Å²) in [4.78, 5) is 15.7. The predicted octanol–water partition coefficient (Wildman–Crippen LogP) is 3.91. The van der Waals surface area contributed by atoms with Crippen LogP contribution in [0.5, 0.6) is 0 Å². The number of ether oxygens (including phenoxy) is 1. The molecule has 8 heteroatoms. The van der Waals surface area contributed by atoms with Crippen molar-refractivity contribution in [1.29, 1.82) is 0 Å². The topological polar surface area (TPSA) is 61.4 Å². The third-order valence-corrected chi connectivity index (χ3v) is 7.10. The van der Waals surface area contributed by atoms with Crippen molar-refractivity contribution in [2.24, 2.45) is 5.92 Å². The van der Waals surface area contributed by atoms with E-state index in [1.807, 2.05) is 41.0 Å². The average molecular weight is 413 g/mol. The summed E-state index contributed by atoms with van der Waals surface area (Å²) in [5.74, 6) is 0.952. The van der Waals surface area contributed by atoms with E-state index < -0.39 is 0 Å². The molecular formula is C20H20N4O2S2. The first-order chi connectivity index (χ1) is 13.6. The largest absolute Gasteiger partial charge is 0.372 e. The van der Waals surface area contributed by atoms with Gasteiger partial charge in [0.05, 0.1) is 23.8 Å². The SMILES string of the molecule is CSc1nnc2n(-c3ccccc3)c(=O)c3c4c(sc3n12)CO[C@@H](C(C)C)C4. The van der Waals surface area contributed by atoms with Gasteiger partial charge in [-0.25, -0.2) is 8.97 Å². The van der Waals surface area contributed by atoms with Crippen LogP contribution in [0.2, 0.25) is 0 Å². The second-order valence-corrected chi connectivity index (χ2v) is 9.14. The maximum atomic E-state index is 13.7. The Kier molecular flexibility index (Phi) is 4.30.